The molecule has 0 saturated carbocycles. The first-order valence-corrected chi connectivity index (χ1v) is 8.31. The van der Waals surface area contributed by atoms with Gasteiger partial charge in [-0.2, -0.15) is 0 Å². The summed E-state index contributed by atoms with van der Waals surface area (Å²) in [6.07, 6.45) is 7.33. The molecule has 0 saturated heterocycles. The van der Waals surface area contributed by atoms with Crippen LogP contribution in [0, 0.1) is 11.8 Å². The van der Waals surface area contributed by atoms with Crippen molar-refractivity contribution in [3.05, 3.63) is 41.5 Å². The molecule has 0 atom stereocenters. The van der Waals surface area contributed by atoms with Gasteiger partial charge in [0.05, 0.1) is 0 Å². The molecule has 1 aromatic rings. The van der Waals surface area contributed by atoms with Crippen molar-refractivity contribution in [1.29, 1.82) is 0 Å². The van der Waals surface area contributed by atoms with Crippen LogP contribution in [-0.2, 0) is 0 Å². The van der Waals surface area contributed by atoms with Gasteiger partial charge in [-0.05, 0) is 0 Å². The maximum atomic E-state index is 3.33. The Morgan fingerprint density at radius 1 is 1.12 bits per heavy atom. The third-order valence-electron chi connectivity index (χ3n) is 2.76. The molecule has 1 heteroatoms. The van der Waals surface area contributed by atoms with Crippen LogP contribution in [0.5, 0.6) is 0 Å². The zero-order valence-electron chi connectivity index (χ0n) is 9.62. The van der Waals surface area contributed by atoms with E-state index in [-0.39, 0.29) is 0 Å². The molecular formula is C15H16Se. The van der Waals surface area contributed by atoms with Crippen LogP contribution in [0.2, 0.25) is 5.82 Å². The first kappa shape index (κ1) is 11.5. The number of benzene rings is 1. The molecule has 1 aromatic carbocycles. The summed E-state index contributed by atoms with van der Waals surface area (Å²) >= 11 is 0.534. The molecule has 0 heterocycles. The van der Waals surface area contributed by atoms with Gasteiger partial charge in [0.25, 0.3) is 0 Å². The molecule has 1 aliphatic rings. The summed E-state index contributed by atoms with van der Waals surface area (Å²) in [5.41, 5.74) is 2.56. The fraction of sp³-hybridized carbons (Fsp3) is 0.333. The van der Waals surface area contributed by atoms with E-state index in [1.165, 1.54) is 41.3 Å². The molecule has 0 amide bonds. The first-order valence-electron chi connectivity index (χ1n) is 5.74. The summed E-state index contributed by atoms with van der Waals surface area (Å²) in [4.78, 5) is 0. The molecule has 0 N–H and O–H groups in total. The van der Waals surface area contributed by atoms with Gasteiger partial charge in [-0.3, -0.25) is 0 Å². The predicted molar refractivity (Wildman–Crippen MR) is 71.1 cm³/mol. The summed E-state index contributed by atoms with van der Waals surface area (Å²) in [5.74, 6) is 8.91. The van der Waals surface area contributed by atoms with Crippen LogP contribution in [-0.4, -0.2) is 15.0 Å². The van der Waals surface area contributed by atoms with Crippen LogP contribution < -0.4 is 4.46 Å². The van der Waals surface area contributed by atoms with E-state index >= 15 is 0 Å². The van der Waals surface area contributed by atoms with E-state index < -0.39 is 0 Å². The molecule has 0 aromatic heterocycles. The second-order valence-corrected chi connectivity index (χ2v) is 5.70. The molecule has 82 valence electrons. The summed E-state index contributed by atoms with van der Waals surface area (Å²) in [6.45, 7) is 0. The van der Waals surface area contributed by atoms with E-state index in [1.807, 2.05) is 0 Å². The molecule has 0 unspecified atom stereocenters. The van der Waals surface area contributed by atoms with Crippen LogP contribution in [0.25, 0.3) is 0 Å². The van der Waals surface area contributed by atoms with Crippen molar-refractivity contribution in [1.82, 2.24) is 0 Å². The van der Waals surface area contributed by atoms with Crippen LogP contribution in [0.15, 0.2) is 35.9 Å². The van der Waals surface area contributed by atoms with Crippen molar-refractivity contribution in [2.24, 2.45) is 0 Å². The van der Waals surface area contributed by atoms with Crippen LogP contribution in [0.1, 0.15) is 31.2 Å². The van der Waals surface area contributed by atoms with E-state index in [4.69, 9.17) is 0 Å². The van der Waals surface area contributed by atoms with Gasteiger partial charge in [-0.1, -0.05) is 0 Å². The van der Waals surface area contributed by atoms with Gasteiger partial charge in [0.2, 0.25) is 0 Å². The van der Waals surface area contributed by atoms with Gasteiger partial charge >= 0.3 is 104 Å². The minimum atomic E-state index is 0.534. The first-order chi connectivity index (χ1) is 7.90. The van der Waals surface area contributed by atoms with Crippen LogP contribution in [0.3, 0.4) is 0 Å². The summed E-state index contributed by atoms with van der Waals surface area (Å²) in [7, 11) is 0. The predicted octanol–water partition coefficient (Wildman–Crippen LogP) is 2.92. The van der Waals surface area contributed by atoms with E-state index in [0.717, 1.165) is 0 Å². The third-order valence-corrected chi connectivity index (χ3v) is 4.43. The molecule has 1 aliphatic carbocycles. The standard InChI is InChI=1S/C15H16Se/c1-16-15-10-6-5-9-14(15)12-11-13-7-3-2-4-8-13/h5-7,9-10H,2-4,8H2,1H3. The third kappa shape index (κ3) is 3.01. The van der Waals surface area contributed by atoms with Gasteiger partial charge < -0.3 is 0 Å². The second-order valence-electron chi connectivity index (χ2n) is 3.93. The van der Waals surface area contributed by atoms with Gasteiger partial charge in [-0.25, -0.2) is 0 Å². The number of rotatable bonds is 1. The molecule has 0 aliphatic heterocycles. The zero-order chi connectivity index (χ0) is 11.2. The second kappa shape index (κ2) is 5.94. The Labute approximate surface area is 104 Å². The fourth-order valence-electron chi connectivity index (χ4n) is 1.85. The molecule has 16 heavy (non-hydrogen) atoms. The number of hydrogen-bond donors (Lipinski definition) is 0. The van der Waals surface area contributed by atoms with Gasteiger partial charge in [0.15, 0.2) is 0 Å². The van der Waals surface area contributed by atoms with Crippen molar-refractivity contribution in [2.45, 2.75) is 31.5 Å². The molecule has 0 nitrogen and oxygen atoms in total. The summed E-state index contributed by atoms with van der Waals surface area (Å²) in [6, 6.07) is 8.51. The van der Waals surface area contributed by atoms with E-state index in [0.29, 0.717) is 15.0 Å². The molecule has 0 radical (unpaired) electrons. The number of allylic oxidation sites excluding steroid dienone is 2. The van der Waals surface area contributed by atoms with Crippen molar-refractivity contribution < 1.29 is 0 Å². The monoisotopic (exact) mass is 276 g/mol. The molecule has 0 spiro atoms. The quantitative estimate of drug-likeness (QED) is 0.546. The molecule has 0 bridgehead atoms. The molecule has 0 fully saturated rings. The van der Waals surface area contributed by atoms with Crippen molar-refractivity contribution >= 4 is 19.4 Å². The van der Waals surface area contributed by atoms with Crippen molar-refractivity contribution in [3.63, 3.8) is 0 Å². The van der Waals surface area contributed by atoms with E-state index in [2.05, 4.69) is 48.0 Å². The average molecular weight is 275 g/mol. The Kier molecular flexibility index (Phi) is 4.28. The summed E-state index contributed by atoms with van der Waals surface area (Å²) in [5, 5.41) is 0. The Morgan fingerprint density at radius 2 is 2.00 bits per heavy atom. The maximum absolute atomic E-state index is 3.33. The minimum absolute atomic E-state index is 0.534. The Morgan fingerprint density at radius 3 is 2.75 bits per heavy atom. The van der Waals surface area contributed by atoms with E-state index in [9.17, 15) is 0 Å². The topological polar surface area (TPSA) is 0 Å². The van der Waals surface area contributed by atoms with Crippen LogP contribution in [0.4, 0.5) is 0 Å². The molecular weight excluding hydrogens is 259 g/mol. The molecule has 2 rings (SSSR count). The Balaban J connectivity index is 2.19. The normalized spacial score (nSPS) is 14.9. The fourth-order valence-corrected chi connectivity index (χ4v) is 3.01. The van der Waals surface area contributed by atoms with Crippen molar-refractivity contribution in [3.8, 4) is 11.8 Å². The average Bonchev–Trinajstić information content (AvgIpc) is 2.38. The SMILES string of the molecule is C[Se]c1ccccc1C#CC1=CCCCC1. The zero-order valence-corrected chi connectivity index (χ0v) is 11.3. The van der Waals surface area contributed by atoms with Gasteiger partial charge in [0, 0.05) is 0 Å². The van der Waals surface area contributed by atoms with Crippen molar-refractivity contribution in [2.75, 3.05) is 0 Å². The Hall–Kier alpha value is -0.961. The van der Waals surface area contributed by atoms with Gasteiger partial charge in [0.1, 0.15) is 0 Å². The van der Waals surface area contributed by atoms with Crippen LogP contribution >= 0.6 is 0 Å². The summed E-state index contributed by atoms with van der Waals surface area (Å²) < 4.78 is 1.42. The number of hydrogen-bond acceptors (Lipinski definition) is 0. The van der Waals surface area contributed by atoms with E-state index in [1.54, 1.807) is 0 Å². The Bertz CT molecular complexity index is 446. The van der Waals surface area contributed by atoms with Gasteiger partial charge in [-0.15, -0.1) is 0 Å².